The van der Waals surface area contributed by atoms with E-state index in [1.54, 1.807) is 23.9 Å². The fraction of sp³-hybridized carbons (Fsp3) is 0.250. The van der Waals surface area contributed by atoms with Gasteiger partial charge in [-0.1, -0.05) is 0 Å². The first-order chi connectivity index (χ1) is 9.38. The molecule has 20 heavy (non-hydrogen) atoms. The summed E-state index contributed by atoms with van der Waals surface area (Å²) in [5, 5.41) is 12.4. The van der Waals surface area contributed by atoms with Crippen molar-refractivity contribution in [2.45, 2.75) is 18.4 Å². The monoisotopic (exact) mass is 295 g/mol. The number of anilines is 2. The molecule has 7 nitrogen and oxygen atoms in total. The highest BCUT2D eigenvalue weighted by molar-refractivity contribution is 7.89. The minimum absolute atomic E-state index is 0.0408. The molecule has 0 fully saturated rings. The predicted octanol–water partition coefficient (Wildman–Crippen LogP) is 0.533. The lowest BCUT2D eigenvalue weighted by Gasteiger charge is -2.13. The van der Waals surface area contributed by atoms with Crippen molar-refractivity contribution in [2.24, 2.45) is 5.14 Å². The normalized spacial score (nSPS) is 11.5. The Bertz CT molecular complexity index is 695. The Hall–Kier alpha value is -2.06. The molecule has 0 amide bonds. The van der Waals surface area contributed by atoms with Gasteiger partial charge < -0.3 is 11.1 Å². The quantitative estimate of drug-likeness (QED) is 0.696. The molecule has 0 aliphatic rings. The SMILES string of the molecule is Cc1c(NCCn2cccn2)cc(N)cc1S(N)(=O)=O. The molecule has 1 aromatic heterocycles. The van der Waals surface area contributed by atoms with Crippen LogP contribution >= 0.6 is 0 Å². The van der Waals surface area contributed by atoms with E-state index in [-0.39, 0.29) is 4.90 Å². The smallest absolute Gasteiger partial charge is 0.238 e. The van der Waals surface area contributed by atoms with Crippen LogP contribution in [0.4, 0.5) is 11.4 Å². The average Bonchev–Trinajstić information content (AvgIpc) is 2.84. The number of hydrogen-bond donors (Lipinski definition) is 3. The van der Waals surface area contributed by atoms with Gasteiger partial charge >= 0.3 is 0 Å². The highest BCUT2D eigenvalue weighted by Crippen LogP contribution is 2.25. The van der Waals surface area contributed by atoms with Gasteiger partial charge in [-0.3, -0.25) is 4.68 Å². The third-order valence-electron chi connectivity index (χ3n) is 2.90. The number of benzene rings is 1. The van der Waals surface area contributed by atoms with Crippen LogP contribution < -0.4 is 16.2 Å². The molecule has 0 radical (unpaired) electrons. The number of primary sulfonamides is 1. The summed E-state index contributed by atoms with van der Waals surface area (Å²) in [5.74, 6) is 0. The lowest BCUT2D eigenvalue weighted by Crippen LogP contribution is -2.16. The van der Waals surface area contributed by atoms with Crippen molar-refractivity contribution in [3.8, 4) is 0 Å². The largest absolute Gasteiger partial charge is 0.399 e. The van der Waals surface area contributed by atoms with Crippen molar-refractivity contribution in [1.29, 1.82) is 0 Å². The number of hydrogen-bond acceptors (Lipinski definition) is 5. The van der Waals surface area contributed by atoms with E-state index in [0.29, 0.717) is 30.0 Å². The van der Waals surface area contributed by atoms with Gasteiger partial charge in [-0.25, -0.2) is 13.6 Å². The molecule has 108 valence electrons. The summed E-state index contributed by atoms with van der Waals surface area (Å²) in [7, 11) is -3.78. The minimum Gasteiger partial charge on any atom is -0.399 e. The Morgan fingerprint density at radius 3 is 2.75 bits per heavy atom. The van der Waals surface area contributed by atoms with Gasteiger partial charge in [0, 0.05) is 30.3 Å². The van der Waals surface area contributed by atoms with E-state index >= 15 is 0 Å². The van der Waals surface area contributed by atoms with E-state index in [2.05, 4.69) is 10.4 Å². The summed E-state index contributed by atoms with van der Waals surface area (Å²) in [6.07, 6.45) is 3.55. The first-order valence-corrected chi connectivity index (χ1v) is 7.57. The Morgan fingerprint density at radius 2 is 2.15 bits per heavy atom. The van der Waals surface area contributed by atoms with Crippen LogP contribution in [0.1, 0.15) is 5.56 Å². The number of rotatable bonds is 5. The molecule has 0 aliphatic carbocycles. The fourth-order valence-corrected chi connectivity index (χ4v) is 2.76. The van der Waals surface area contributed by atoms with Gasteiger partial charge in [0.05, 0.1) is 11.4 Å². The molecule has 8 heteroatoms. The Labute approximate surface area is 117 Å². The number of nitrogens with two attached hydrogens (primary N) is 2. The zero-order valence-electron chi connectivity index (χ0n) is 11.1. The summed E-state index contributed by atoms with van der Waals surface area (Å²) < 4.78 is 24.8. The van der Waals surface area contributed by atoms with Gasteiger partial charge in [0.15, 0.2) is 0 Å². The molecular weight excluding hydrogens is 278 g/mol. The summed E-state index contributed by atoms with van der Waals surface area (Å²) in [4.78, 5) is 0.0408. The molecule has 2 rings (SSSR count). The molecule has 0 unspecified atom stereocenters. The maximum atomic E-state index is 11.5. The average molecular weight is 295 g/mol. The second kappa shape index (κ2) is 5.51. The van der Waals surface area contributed by atoms with Crippen molar-refractivity contribution in [1.82, 2.24) is 9.78 Å². The van der Waals surface area contributed by atoms with Crippen molar-refractivity contribution in [2.75, 3.05) is 17.6 Å². The summed E-state index contributed by atoms with van der Waals surface area (Å²) >= 11 is 0. The summed E-state index contributed by atoms with van der Waals surface area (Å²) in [5.41, 5.74) is 7.27. The Morgan fingerprint density at radius 1 is 1.40 bits per heavy atom. The fourth-order valence-electron chi connectivity index (χ4n) is 1.93. The second-order valence-corrected chi connectivity index (χ2v) is 5.96. The van der Waals surface area contributed by atoms with Gasteiger partial charge in [-0.05, 0) is 30.7 Å². The highest BCUT2D eigenvalue weighted by atomic mass is 32.2. The number of aromatic nitrogens is 2. The van der Waals surface area contributed by atoms with Crippen LogP contribution in [0.5, 0.6) is 0 Å². The molecular formula is C12H17N5O2S. The van der Waals surface area contributed by atoms with Crippen LogP contribution in [0.15, 0.2) is 35.5 Å². The molecule has 0 saturated carbocycles. The van der Waals surface area contributed by atoms with E-state index in [1.165, 1.54) is 6.07 Å². The van der Waals surface area contributed by atoms with Crippen LogP contribution in [0, 0.1) is 6.92 Å². The zero-order valence-corrected chi connectivity index (χ0v) is 11.9. The predicted molar refractivity (Wildman–Crippen MR) is 77.7 cm³/mol. The van der Waals surface area contributed by atoms with E-state index in [0.717, 1.165) is 0 Å². The summed E-state index contributed by atoms with van der Waals surface area (Å²) in [6, 6.07) is 4.89. The Kier molecular flexibility index (Phi) is 3.96. The molecule has 1 heterocycles. The van der Waals surface area contributed by atoms with Crippen LogP contribution in [0.25, 0.3) is 0 Å². The third kappa shape index (κ3) is 3.28. The van der Waals surface area contributed by atoms with Gasteiger partial charge in [0.2, 0.25) is 10.0 Å². The van der Waals surface area contributed by atoms with Crippen molar-refractivity contribution < 1.29 is 8.42 Å². The van der Waals surface area contributed by atoms with Crippen LogP contribution in [-0.2, 0) is 16.6 Å². The van der Waals surface area contributed by atoms with Crippen LogP contribution in [0.2, 0.25) is 0 Å². The van der Waals surface area contributed by atoms with Crippen molar-refractivity contribution in [3.63, 3.8) is 0 Å². The van der Waals surface area contributed by atoms with Gasteiger partial charge in [-0.15, -0.1) is 0 Å². The molecule has 0 bridgehead atoms. The van der Waals surface area contributed by atoms with Gasteiger partial charge in [-0.2, -0.15) is 5.10 Å². The van der Waals surface area contributed by atoms with E-state index in [9.17, 15) is 8.42 Å². The summed E-state index contributed by atoms with van der Waals surface area (Å²) in [6.45, 7) is 2.94. The van der Waals surface area contributed by atoms with Crippen molar-refractivity contribution in [3.05, 3.63) is 36.2 Å². The van der Waals surface area contributed by atoms with Gasteiger partial charge in [0.1, 0.15) is 0 Å². The number of nitrogen functional groups attached to an aromatic ring is 1. The van der Waals surface area contributed by atoms with Gasteiger partial charge in [0.25, 0.3) is 0 Å². The molecule has 0 saturated heterocycles. The van der Waals surface area contributed by atoms with Crippen LogP contribution in [0.3, 0.4) is 0 Å². The molecule has 0 atom stereocenters. The van der Waals surface area contributed by atoms with E-state index < -0.39 is 10.0 Å². The molecule has 0 aliphatic heterocycles. The van der Waals surface area contributed by atoms with E-state index in [4.69, 9.17) is 10.9 Å². The lowest BCUT2D eigenvalue weighted by molar-refractivity contribution is 0.597. The molecule has 5 N–H and O–H groups in total. The maximum Gasteiger partial charge on any atom is 0.238 e. The topological polar surface area (TPSA) is 116 Å². The highest BCUT2D eigenvalue weighted by Gasteiger charge is 2.15. The Balaban J connectivity index is 2.17. The van der Waals surface area contributed by atoms with E-state index in [1.807, 2.05) is 12.3 Å². The zero-order chi connectivity index (χ0) is 14.8. The standard InChI is InChI=1S/C12H17N5O2S/c1-9-11(15-4-6-17-5-2-3-16-17)7-10(13)8-12(9)20(14,18)19/h2-3,5,7-8,15H,4,6,13H2,1H3,(H2,14,18,19). The van der Waals surface area contributed by atoms with Crippen LogP contribution in [-0.4, -0.2) is 24.7 Å². The first kappa shape index (κ1) is 14.4. The molecule has 1 aromatic carbocycles. The minimum atomic E-state index is -3.78. The molecule has 2 aromatic rings. The number of nitrogens with zero attached hydrogens (tertiary/aromatic N) is 2. The number of sulfonamides is 1. The lowest BCUT2D eigenvalue weighted by atomic mass is 10.2. The number of nitrogens with one attached hydrogen (secondary N) is 1. The third-order valence-corrected chi connectivity index (χ3v) is 3.94. The maximum absolute atomic E-state index is 11.5. The molecule has 0 spiro atoms. The second-order valence-electron chi connectivity index (χ2n) is 4.43. The first-order valence-electron chi connectivity index (χ1n) is 6.02. The van der Waals surface area contributed by atoms with Crippen molar-refractivity contribution >= 4 is 21.4 Å².